The fourth-order valence-corrected chi connectivity index (χ4v) is 1.17. The Morgan fingerprint density at radius 3 is 3.12 bits per heavy atom. The highest BCUT2D eigenvalue weighted by Gasteiger charge is 2.06. The van der Waals surface area contributed by atoms with Gasteiger partial charge in [-0.2, -0.15) is 0 Å². The lowest BCUT2D eigenvalue weighted by molar-refractivity contribution is 0.143. The van der Waals surface area contributed by atoms with Crippen molar-refractivity contribution in [3.63, 3.8) is 0 Å². The Balaban J connectivity index is 1.85. The van der Waals surface area contributed by atoms with Gasteiger partial charge in [-0.15, -0.1) is 0 Å². The number of aromatic nitrogens is 1. The Kier molecular flexibility index (Phi) is 3.34. The van der Waals surface area contributed by atoms with Crippen LogP contribution in [0.5, 0.6) is 0 Å². The Hall–Kier alpha value is -2.37. The summed E-state index contributed by atoms with van der Waals surface area (Å²) < 4.78 is 22.5. The van der Waals surface area contributed by atoms with Gasteiger partial charge in [0.15, 0.2) is 6.61 Å². The van der Waals surface area contributed by atoms with Gasteiger partial charge in [0.05, 0.1) is 6.20 Å². The number of hydrogen-bond acceptors (Lipinski definition) is 4. The second-order valence-electron chi connectivity index (χ2n) is 3.14. The number of rotatable bonds is 3. The second kappa shape index (κ2) is 5.11. The summed E-state index contributed by atoms with van der Waals surface area (Å²) in [5.74, 6) is -0.144. The molecule has 0 radical (unpaired) electrons. The first-order chi connectivity index (χ1) is 8.24. The molecule has 0 bridgehead atoms. The van der Waals surface area contributed by atoms with E-state index < -0.39 is 11.9 Å². The number of nitrogens with zero attached hydrogens (tertiary/aromatic N) is 1. The Labute approximate surface area is 96.2 Å². The van der Waals surface area contributed by atoms with Crippen LogP contribution in [0, 0.1) is 5.82 Å². The van der Waals surface area contributed by atoms with Gasteiger partial charge in [0.2, 0.25) is 5.89 Å². The van der Waals surface area contributed by atoms with Crippen molar-refractivity contribution in [1.29, 1.82) is 0 Å². The molecule has 1 N–H and O–H groups in total. The van der Waals surface area contributed by atoms with Crippen LogP contribution in [0.3, 0.4) is 0 Å². The molecule has 0 fully saturated rings. The summed E-state index contributed by atoms with van der Waals surface area (Å²) >= 11 is 0. The van der Waals surface area contributed by atoms with Gasteiger partial charge in [-0.25, -0.2) is 14.2 Å². The molecule has 0 saturated carbocycles. The van der Waals surface area contributed by atoms with Crippen LogP contribution in [0.4, 0.5) is 14.9 Å². The van der Waals surface area contributed by atoms with Gasteiger partial charge in [0.1, 0.15) is 12.1 Å². The summed E-state index contributed by atoms with van der Waals surface area (Å²) in [5, 5.41) is 2.37. The number of anilines is 1. The van der Waals surface area contributed by atoms with Gasteiger partial charge in [-0.3, -0.25) is 5.32 Å². The first-order valence-corrected chi connectivity index (χ1v) is 4.82. The number of hydrogen-bond donors (Lipinski definition) is 1. The number of halogens is 1. The van der Waals surface area contributed by atoms with Crippen molar-refractivity contribution in [2.45, 2.75) is 6.61 Å². The minimum Gasteiger partial charge on any atom is -0.446 e. The van der Waals surface area contributed by atoms with Crippen molar-refractivity contribution >= 4 is 11.8 Å². The minimum absolute atomic E-state index is 0.0752. The number of ether oxygens (including phenoxy) is 1. The molecule has 0 saturated heterocycles. The van der Waals surface area contributed by atoms with Crippen molar-refractivity contribution in [2.24, 2.45) is 0 Å². The molecule has 5 nitrogen and oxygen atoms in total. The molecule has 1 aromatic carbocycles. The predicted octanol–water partition coefficient (Wildman–Crippen LogP) is 2.56. The minimum atomic E-state index is -0.700. The Morgan fingerprint density at radius 2 is 2.41 bits per heavy atom. The topological polar surface area (TPSA) is 64.4 Å². The Morgan fingerprint density at radius 1 is 1.53 bits per heavy atom. The molecule has 0 aliphatic rings. The van der Waals surface area contributed by atoms with E-state index in [0.717, 1.165) is 0 Å². The molecule has 88 valence electrons. The fourth-order valence-electron chi connectivity index (χ4n) is 1.17. The monoisotopic (exact) mass is 236 g/mol. The fraction of sp³-hybridized carbons (Fsp3) is 0.0909. The van der Waals surface area contributed by atoms with Crippen molar-refractivity contribution < 1.29 is 18.3 Å². The second-order valence-corrected chi connectivity index (χ2v) is 3.14. The molecule has 17 heavy (non-hydrogen) atoms. The lowest BCUT2D eigenvalue weighted by Crippen LogP contribution is -2.13. The van der Waals surface area contributed by atoms with Crippen LogP contribution in [-0.4, -0.2) is 11.1 Å². The molecule has 1 amide bonds. The highest BCUT2D eigenvalue weighted by atomic mass is 19.1. The third kappa shape index (κ3) is 3.30. The van der Waals surface area contributed by atoms with Gasteiger partial charge in [0, 0.05) is 5.69 Å². The van der Waals surface area contributed by atoms with Crippen molar-refractivity contribution in [3.05, 3.63) is 48.4 Å². The highest BCUT2D eigenvalue weighted by molar-refractivity contribution is 5.84. The summed E-state index contributed by atoms with van der Waals surface area (Å²) in [4.78, 5) is 15.1. The van der Waals surface area contributed by atoms with E-state index in [1.807, 2.05) is 0 Å². The van der Waals surface area contributed by atoms with Crippen LogP contribution >= 0.6 is 0 Å². The lowest BCUT2D eigenvalue weighted by Gasteiger charge is -2.05. The summed E-state index contributed by atoms with van der Waals surface area (Å²) in [7, 11) is 0. The van der Waals surface area contributed by atoms with E-state index >= 15 is 0 Å². The number of oxazole rings is 1. The third-order valence-corrected chi connectivity index (χ3v) is 1.88. The molecule has 2 rings (SSSR count). The molecular formula is C11H9FN2O3. The SMILES string of the molecule is O=C(Nc1cccc(F)c1)OCc1ncco1. The Bertz CT molecular complexity index is 499. The summed E-state index contributed by atoms with van der Waals surface area (Å²) in [6.45, 7) is -0.0752. The van der Waals surface area contributed by atoms with Crippen LogP contribution in [-0.2, 0) is 11.3 Å². The smallest absolute Gasteiger partial charge is 0.412 e. The van der Waals surface area contributed by atoms with Gasteiger partial charge >= 0.3 is 6.09 Å². The number of carbonyl (C=O) groups is 1. The standard InChI is InChI=1S/C11H9FN2O3/c12-8-2-1-3-9(6-8)14-11(15)17-7-10-13-4-5-16-10/h1-6H,7H2,(H,14,15). The van der Waals surface area contributed by atoms with Crippen LogP contribution in [0.25, 0.3) is 0 Å². The summed E-state index contributed by atoms with van der Waals surface area (Å²) in [5.41, 5.74) is 0.322. The van der Waals surface area contributed by atoms with Gasteiger partial charge < -0.3 is 9.15 Å². The maximum atomic E-state index is 12.8. The first kappa shape index (κ1) is 11.1. The largest absolute Gasteiger partial charge is 0.446 e. The van der Waals surface area contributed by atoms with Gasteiger partial charge in [-0.05, 0) is 18.2 Å². The van der Waals surface area contributed by atoms with Gasteiger partial charge in [0.25, 0.3) is 0 Å². The average molecular weight is 236 g/mol. The predicted molar refractivity (Wildman–Crippen MR) is 56.7 cm³/mol. The molecule has 6 heteroatoms. The molecule has 0 aliphatic heterocycles. The maximum Gasteiger partial charge on any atom is 0.412 e. The highest BCUT2D eigenvalue weighted by Crippen LogP contribution is 2.09. The third-order valence-electron chi connectivity index (χ3n) is 1.88. The summed E-state index contributed by atoms with van der Waals surface area (Å²) in [6.07, 6.45) is 2.13. The molecule has 0 atom stereocenters. The number of benzene rings is 1. The van der Waals surface area contributed by atoms with Crippen LogP contribution in [0.15, 0.2) is 41.1 Å². The van der Waals surface area contributed by atoms with E-state index in [1.54, 1.807) is 6.07 Å². The van der Waals surface area contributed by atoms with E-state index in [9.17, 15) is 9.18 Å². The van der Waals surface area contributed by atoms with Crippen molar-refractivity contribution in [1.82, 2.24) is 4.98 Å². The molecule has 2 aromatic rings. The number of amides is 1. The molecule has 0 unspecified atom stereocenters. The van der Waals surface area contributed by atoms with Crippen molar-refractivity contribution in [3.8, 4) is 0 Å². The first-order valence-electron chi connectivity index (χ1n) is 4.82. The van der Waals surface area contributed by atoms with Crippen LogP contribution in [0.1, 0.15) is 5.89 Å². The normalized spacial score (nSPS) is 9.94. The zero-order valence-electron chi connectivity index (χ0n) is 8.72. The van der Waals surface area contributed by atoms with E-state index in [-0.39, 0.29) is 6.61 Å². The average Bonchev–Trinajstić information content (AvgIpc) is 2.79. The van der Waals surface area contributed by atoms with Crippen LogP contribution in [0.2, 0.25) is 0 Å². The van der Waals surface area contributed by atoms with E-state index in [0.29, 0.717) is 11.6 Å². The molecule has 1 heterocycles. The lowest BCUT2D eigenvalue weighted by atomic mass is 10.3. The quantitative estimate of drug-likeness (QED) is 0.889. The molecular weight excluding hydrogens is 227 g/mol. The summed E-state index contributed by atoms with van der Waals surface area (Å²) in [6, 6.07) is 5.50. The van der Waals surface area contributed by atoms with Crippen molar-refractivity contribution in [2.75, 3.05) is 5.32 Å². The zero-order valence-corrected chi connectivity index (χ0v) is 8.72. The maximum absolute atomic E-state index is 12.8. The van der Waals surface area contributed by atoms with E-state index in [4.69, 9.17) is 9.15 Å². The molecule has 0 aliphatic carbocycles. The molecule has 0 spiro atoms. The van der Waals surface area contributed by atoms with Crippen LogP contribution < -0.4 is 5.32 Å². The zero-order chi connectivity index (χ0) is 12.1. The molecule has 1 aromatic heterocycles. The number of nitrogens with one attached hydrogen (secondary N) is 1. The van der Waals surface area contributed by atoms with Gasteiger partial charge in [-0.1, -0.05) is 6.07 Å². The van der Waals surface area contributed by atoms with E-state index in [1.165, 1.54) is 30.7 Å². The van der Waals surface area contributed by atoms with E-state index in [2.05, 4.69) is 10.3 Å². The number of carbonyl (C=O) groups excluding carboxylic acids is 1.